The molecule has 0 saturated carbocycles. The van der Waals surface area contributed by atoms with Crippen molar-refractivity contribution in [2.45, 2.75) is 45.1 Å². The van der Waals surface area contributed by atoms with E-state index in [2.05, 4.69) is 58.0 Å². The molecule has 1 aliphatic heterocycles. The molecule has 3 nitrogen and oxygen atoms in total. The monoisotopic (exact) mass is 419 g/mol. The van der Waals surface area contributed by atoms with Crippen LogP contribution in [-0.2, 0) is 10.2 Å². The van der Waals surface area contributed by atoms with Crippen molar-refractivity contribution in [2.75, 3.05) is 4.90 Å². The predicted octanol–water partition coefficient (Wildman–Crippen LogP) is 6.78. The molecule has 0 N–H and O–H groups in total. The van der Waals surface area contributed by atoms with Crippen LogP contribution in [0, 0.1) is 6.92 Å². The molecular weight excluding hydrogens is 394 g/mol. The van der Waals surface area contributed by atoms with Crippen LogP contribution in [0.5, 0.6) is 0 Å². The van der Waals surface area contributed by atoms with Gasteiger partial charge in [-0.25, -0.2) is 0 Å². The summed E-state index contributed by atoms with van der Waals surface area (Å²) in [7, 11) is 0. The fourth-order valence-corrected chi connectivity index (χ4v) is 4.88. The number of furan rings is 1. The maximum Gasteiger partial charge on any atom is 0.251 e. The molecule has 0 fully saturated rings. The maximum absolute atomic E-state index is 13.3. The van der Waals surface area contributed by atoms with Gasteiger partial charge in [0.05, 0.1) is 6.26 Å². The van der Waals surface area contributed by atoms with Crippen LogP contribution in [0.2, 0.25) is 5.02 Å². The highest BCUT2D eigenvalue weighted by Crippen LogP contribution is 2.50. The van der Waals surface area contributed by atoms with Gasteiger partial charge in [-0.2, -0.15) is 0 Å². The molecule has 1 amide bonds. The Morgan fingerprint density at radius 3 is 2.50 bits per heavy atom. The summed E-state index contributed by atoms with van der Waals surface area (Å²) in [6.07, 6.45) is 5.71. The van der Waals surface area contributed by atoms with Crippen LogP contribution < -0.4 is 4.90 Å². The molecule has 0 bridgehead atoms. The molecule has 0 unspecified atom stereocenters. The maximum atomic E-state index is 13.3. The molecule has 1 atom stereocenters. The predicted molar refractivity (Wildman–Crippen MR) is 123 cm³/mol. The molecule has 30 heavy (non-hydrogen) atoms. The van der Waals surface area contributed by atoms with Gasteiger partial charge in [0.15, 0.2) is 0 Å². The molecule has 0 radical (unpaired) electrons. The molecule has 3 aromatic rings. The first-order valence-corrected chi connectivity index (χ1v) is 10.5. The largest absolute Gasteiger partial charge is 0.465 e. The number of carbonyl (C=O) groups excluding carboxylic acids is 1. The van der Waals surface area contributed by atoms with Crippen molar-refractivity contribution >= 4 is 29.3 Å². The summed E-state index contributed by atoms with van der Waals surface area (Å²) in [5, 5.41) is 0.724. The van der Waals surface area contributed by atoms with E-state index < -0.39 is 0 Å². The number of rotatable bonds is 3. The minimum atomic E-state index is -0.388. The highest BCUT2D eigenvalue weighted by Gasteiger charge is 2.47. The summed E-state index contributed by atoms with van der Waals surface area (Å²) in [6.45, 7) is 8.60. The average Bonchev–Trinajstić information content (AvgIpc) is 3.20. The Labute approximate surface area is 183 Å². The highest BCUT2D eigenvalue weighted by atomic mass is 35.5. The van der Waals surface area contributed by atoms with E-state index >= 15 is 0 Å². The number of hydrogen-bond donors (Lipinski definition) is 0. The van der Waals surface area contributed by atoms with Gasteiger partial charge in [-0.05, 0) is 74.7 Å². The van der Waals surface area contributed by atoms with E-state index in [1.54, 1.807) is 18.4 Å². The lowest BCUT2D eigenvalue weighted by atomic mass is 9.65. The molecule has 2 heterocycles. The van der Waals surface area contributed by atoms with Crippen molar-refractivity contribution in [2.24, 2.45) is 0 Å². The fourth-order valence-electron chi connectivity index (χ4n) is 4.76. The molecule has 154 valence electrons. The van der Waals surface area contributed by atoms with Crippen molar-refractivity contribution in [3.8, 4) is 0 Å². The normalized spacial score (nSPS) is 20.4. The van der Waals surface area contributed by atoms with E-state index in [0.717, 1.165) is 22.7 Å². The molecule has 1 aliphatic rings. The van der Waals surface area contributed by atoms with Crippen molar-refractivity contribution in [1.29, 1.82) is 0 Å². The van der Waals surface area contributed by atoms with Crippen molar-refractivity contribution < 1.29 is 9.21 Å². The number of carbonyl (C=O) groups is 1. The van der Waals surface area contributed by atoms with Gasteiger partial charge in [-0.15, -0.1) is 0 Å². The third-order valence-corrected chi connectivity index (χ3v) is 6.27. The molecular formula is C26H26ClNO2. The number of nitrogens with zero attached hydrogens (tertiary/aromatic N) is 1. The summed E-state index contributed by atoms with van der Waals surface area (Å²) in [5.41, 5.74) is 3.85. The number of benzene rings is 2. The van der Waals surface area contributed by atoms with E-state index in [-0.39, 0.29) is 16.9 Å². The molecule has 0 saturated heterocycles. The number of amides is 1. The summed E-state index contributed by atoms with van der Waals surface area (Å²) < 4.78 is 5.34. The van der Waals surface area contributed by atoms with E-state index in [1.807, 2.05) is 29.2 Å². The molecule has 4 heteroatoms. The number of fused-ring (bicyclic) bond motifs is 1. The summed E-state index contributed by atoms with van der Waals surface area (Å²) in [6, 6.07) is 18.1. The van der Waals surface area contributed by atoms with Gasteiger partial charge in [-0.3, -0.25) is 4.79 Å². The molecule has 4 rings (SSSR count). The first-order valence-electron chi connectivity index (χ1n) is 10.1. The Kier molecular flexibility index (Phi) is 5.11. The zero-order valence-corrected chi connectivity index (χ0v) is 18.5. The Bertz CT molecular complexity index is 1100. The Morgan fingerprint density at radius 2 is 1.83 bits per heavy atom. The van der Waals surface area contributed by atoms with Crippen molar-refractivity contribution in [3.05, 3.63) is 94.4 Å². The molecule has 2 aromatic carbocycles. The second-order valence-electron chi connectivity index (χ2n) is 8.87. The lowest BCUT2D eigenvalue weighted by Crippen LogP contribution is -2.55. The number of hydrogen-bond acceptors (Lipinski definition) is 2. The van der Waals surface area contributed by atoms with Crippen LogP contribution in [-0.4, -0.2) is 11.4 Å². The number of halogens is 1. The first kappa shape index (κ1) is 20.5. The second-order valence-corrected chi connectivity index (χ2v) is 9.31. The molecule has 0 spiro atoms. The molecule has 0 aliphatic carbocycles. The SMILES string of the molecule is Cc1ccc2c(c1)[C@](C)(c1ccc(Cl)cc1)CC(C)(C)N2C(=O)/C=C/c1ccco1. The zero-order chi connectivity index (χ0) is 21.5. The van der Waals surface area contributed by atoms with Gasteiger partial charge in [0.1, 0.15) is 5.76 Å². The third kappa shape index (κ3) is 3.59. The van der Waals surface area contributed by atoms with Crippen molar-refractivity contribution in [3.63, 3.8) is 0 Å². The van der Waals surface area contributed by atoms with E-state index in [4.69, 9.17) is 16.0 Å². The van der Waals surface area contributed by atoms with Crippen molar-refractivity contribution in [1.82, 2.24) is 0 Å². The zero-order valence-electron chi connectivity index (χ0n) is 17.8. The number of aryl methyl sites for hydroxylation is 1. The smallest absolute Gasteiger partial charge is 0.251 e. The van der Waals surface area contributed by atoms with Gasteiger partial charge in [0, 0.05) is 27.7 Å². The van der Waals surface area contributed by atoms with Gasteiger partial charge in [0.2, 0.25) is 0 Å². The van der Waals surface area contributed by atoms with Crippen LogP contribution in [0.3, 0.4) is 0 Å². The van der Waals surface area contributed by atoms with E-state index in [1.165, 1.54) is 11.1 Å². The minimum absolute atomic E-state index is 0.0559. The van der Waals surface area contributed by atoms with Crippen LogP contribution in [0.1, 0.15) is 49.6 Å². The van der Waals surface area contributed by atoms with E-state index in [9.17, 15) is 4.79 Å². The van der Waals surface area contributed by atoms with Crippen LogP contribution >= 0.6 is 11.6 Å². The summed E-state index contributed by atoms with van der Waals surface area (Å²) in [4.78, 5) is 15.2. The minimum Gasteiger partial charge on any atom is -0.465 e. The third-order valence-electron chi connectivity index (χ3n) is 6.01. The quantitative estimate of drug-likeness (QED) is 0.438. The van der Waals surface area contributed by atoms with Gasteiger partial charge in [0.25, 0.3) is 5.91 Å². The van der Waals surface area contributed by atoms with Gasteiger partial charge < -0.3 is 9.32 Å². The lowest BCUT2D eigenvalue weighted by molar-refractivity contribution is -0.115. The molecule has 1 aromatic heterocycles. The fraction of sp³-hybridized carbons (Fsp3) is 0.269. The number of anilines is 1. The Balaban J connectivity index is 1.83. The first-order chi connectivity index (χ1) is 14.2. The van der Waals surface area contributed by atoms with Crippen LogP contribution in [0.25, 0.3) is 6.08 Å². The average molecular weight is 420 g/mol. The van der Waals surface area contributed by atoms with E-state index in [0.29, 0.717) is 5.76 Å². The topological polar surface area (TPSA) is 33.5 Å². The Hall–Kier alpha value is -2.78. The van der Waals surface area contributed by atoms with Crippen LogP contribution in [0.15, 0.2) is 71.4 Å². The second kappa shape index (κ2) is 7.48. The van der Waals surface area contributed by atoms with Crippen LogP contribution in [0.4, 0.5) is 5.69 Å². The highest BCUT2D eigenvalue weighted by molar-refractivity contribution is 6.30. The summed E-state index contributed by atoms with van der Waals surface area (Å²) in [5.74, 6) is 0.605. The van der Waals surface area contributed by atoms with Gasteiger partial charge in [-0.1, -0.05) is 48.4 Å². The van der Waals surface area contributed by atoms with Gasteiger partial charge >= 0.3 is 0 Å². The standard InChI is InChI=1S/C26H26ClNO2/c1-18-7-13-23-22(16-18)26(4,19-8-10-20(27)11-9-19)17-25(2,3)28(23)24(29)14-12-21-6-5-15-30-21/h5-16H,17H2,1-4H3/b14-12+/t26-/m0/s1. The Morgan fingerprint density at radius 1 is 1.10 bits per heavy atom. The summed E-state index contributed by atoms with van der Waals surface area (Å²) >= 11 is 6.15. The lowest BCUT2D eigenvalue weighted by Gasteiger charge is -2.51.